The van der Waals surface area contributed by atoms with Gasteiger partial charge in [0, 0.05) is 137 Å². The maximum atomic E-state index is 14.6. The zero-order chi connectivity index (χ0) is 67.7. The second-order valence-electron chi connectivity index (χ2n) is 23.8. The van der Waals surface area contributed by atoms with E-state index in [0.29, 0.717) is 44.3 Å². The van der Waals surface area contributed by atoms with E-state index >= 15 is 0 Å². The number of unbranched alkanes of at least 4 members (excludes halogenated alkanes) is 1. The first-order chi connectivity index (χ1) is 45.3. The van der Waals surface area contributed by atoms with Crippen molar-refractivity contribution in [1.29, 1.82) is 0 Å². The molecule has 0 saturated carbocycles. The van der Waals surface area contributed by atoms with Gasteiger partial charge in [0.25, 0.3) is 47.3 Å². The van der Waals surface area contributed by atoms with E-state index in [0.717, 1.165) is 0 Å². The van der Waals surface area contributed by atoms with Gasteiger partial charge in [-0.15, -0.1) is 0 Å². The number of nitrogens with zero attached hydrogens (tertiary/aromatic N) is 4. The summed E-state index contributed by atoms with van der Waals surface area (Å²) < 4.78 is 28.8. The van der Waals surface area contributed by atoms with E-state index in [-0.39, 0.29) is 185 Å². The number of hydrogen-bond donors (Lipinski definition) is 9. The van der Waals surface area contributed by atoms with Gasteiger partial charge in [0.15, 0.2) is 0 Å². The number of hydrogen-bond acceptors (Lipinski definition) is 18. The summed E-state index contributed by atoms with van der Waals surface area (Å²) in [4.78, 5) is 136. The van der Waals surface area contributed by atoms with E-state index in [1.807, 2.05) is 16.7 Å². The summed E-state index contributed by atoms with van der Waals surface area (Å²) in [5, 5.41) is 27.1. The zero-order valence-electron chi connectivity index (χ0n) is 55.4. The fourth-order valence-corrected chi connectivity index (χ4v) is 11.7. The van der Waals surface area contributed by atoms with Gasteiger partial charge in [-0.2, -0.15) is 0 Å². The lowest BCUT2D eigenvalue weighted by Crippen LogP contribution is -2.51. The molecule has 8 rings (SSSR count). The number of carbonyl (C=O) groups excluding carboxylic acids is 9. The van der Waals surface area contributed by atoms with Gasteiger partial charge in [-0.05, 0) is 88.1 Å². The monoisotopic (exact) mass is 1300 g/mol. The number of alkyl carbamates (subject to hydrolysis) is 1. The first-order valence-electron chi connectivity index (χ1n) is 32.1. The summed E-state index contributed by atoms with van der Waals surface area (Å²) in [6.07, 6.45) is 1.43. The van der Waals surface area contributed by atoms with Crippen LogP contribution in [0.5, 0.6) is 23.0 Å². The average molecular weight is 1300 g/mol. The quantitative estimate of drug-likeness (QED) is 0.103. The molecule has 510 valence electrons. The molecule has 27 heteroatoms. The number of rotatable bonds is 10. The van der Waals surface area contributed by atoms with E-state index in [4.69, 9.17) is 23.7 Å². The van der Waals surface area contributed by atoms with Crippen LogP contribution in [0.3, 0.4) is 0 Å². The molecule has 4 heterocycles. The van der Waals surface area contributed by atoms with Gasteiger partial charge in [0.1, 0.15) is 28.6 Å². The maximum absolute atomic E-state index is 14.6. The Morgan fingerprint density at radius 1 is 0.436 bits per heavy atom. The number of amides is 9. The summed E-state index contributed by atoms with van der Waals surface area (Å²) >= 11 is 0. The highest BCUT2D eigenvalue weighted by Crippen LogP contribution is 2.30. The molecule has 4 aromatic carbocycles. The van der Waals surface area contributed by atoms with Crippen molar-refractivity contribution in [3.63, 3.8) is 0 Å². The Morgan fingerprint density at radius 3 is 1.11 bits per heavy atom. The minimum Gasteiger partial charge on any atom is -0.495 e. The third-order valence-electron chi connectivity index (χ3n) is 16.4. The topological polar surface area (TPSA) is 321 Å². The van der Waals surface area contributed by atoms with Crippen LogP contribution < -0.4 is 66.8 Å². The van der Waals surface area contributed by atoms with Crippen molar-refractivity contribution in [2.75, 3.05) is 159 Å². The molecular formula is C67H93N13O14. The standard InChI is InChI=1S/C67H93N13O14/c1-9-44-22-23-52-57(93-8)53(44)65(88)75-28-36-78-35-27-70-60(83)48-18-14-21-51(56(48)92-7)63(86)73-31-39-80(40-32-74-64(52)87)45(15-10-11-24-76-66(89)94-67(2,3)4)43-79-37-29-71-61(84)49-19-12-16-46(54(49)90-5)58(81)68-25-33-77(41-42-78)34-26-69-59(82)47-17-13-20-50(55(47)91-6)62(85)72-30-38-79/h12-14,16-23,45H,9-11,15,24-43H2,1-8H3,(H,68,81)(H,69,82)(H,70,83)(H,71,84)(H,72,85)(H,73,86)(H,74,87)(H,75,88)(H,76,89). The Morgan fingerprint density at radius 2 is 0.766 bits per heavy atom. The molecule has 27 nitrogen and oxygen atoms in total. The molecule has 0 spiro atoms. The highest BCUT2D eigenvalue weighted by molar-refractivity contribution is 6.07. The molecule has 9 N–H and O–H groups in total. The van der Waals surface area contributed by atoms with Crippen LogP contribution in [0.4, 0.5) is 4.79 Å². The lowest BCUT2D eigenvalue weighted by atomic mass is 9.98. The molecule has 3 unspecified atom stereocenters. The van der Waals surface area contributed by atoms with Gasteiger partial charge in [-0.25, -0.2) is 4.79 Å². The summed E-state index contributed by atoms with van der Waals surface area (Å²) in [5.41, 5.74) is 1.01. The van der Waals surface area contributed by atoms with Crippen LogP contribution >= 0.6 is 0 Å². The van der Waals surface area contributed by atoms with E-state index < -0.39 is 65.0 Å². The molecule has 4 aromatic rings. The molecule has 9 amide bonds. The van der Waals surface area contributed by atoms with Gasteiger partial charge in [0.2, 0.25) is 0 Å². The molecule has 0 aliphatic carbocycles. The van der Waals surface area contributed by atoms with Gasteiger partial charge < -0.3 is 71.5 Å². The first kappa shape index (κ1) is 72.4. The van der Waals surface area contributed by atoms with Crippen molar-refractivity contribution in [3.8, 4) is 23.0 Å². The molecule has 4 aliphatic heterocycles. The summed E-state index contributed by atoms with van der Waals surface area (Å²) in [6.45, 7) is 11.0. The first-order valence-corrected chi connectivity index (χ1v) is 32.1. The Balaban J connectivity index is 1.38. The van der Waals surface area contributed by atoms with Crippen molar-refractivity contribution in [1.82, 2.24) is 67.5 Å². The molecule has 3 atom stereocenters. The van der Waals surface area contributed by atoms with Gasteiger partial charge >= 0.3 is 6.09 Å². The Kier molecular flexibility index (Phi) is 27.6. The Labute approximate surface area is 549 Å². The molecule has 94 heavy (non-hydrogen) atoms. The van der Waals surface area contributed by atoms with Crippen LogP contribution in [0.15, 0.2) is 66.7 Å². The molecule has 0 radical (unpaired) electrons. The second kappa shape index (κ2) is 35.8. The van der Waals surface area contributed by atoms with Crippen molar-refractivity contribution in [2.45, 2.75) is 65.0 Å². The fourth-order valence-electron chi connectivity index (χ4n) is 11.7. The van der Waals surface area contributed by atoms with Crippen molar-refractivity contribution in [3.05, 3.63) is 117 Å². The highest BCUT2D eigenvalue weighted by atomic mass is 16.6. The number of benzene rings is 4. The van der Waals surface area contributed by atoms with Crippen LogP contribution in [0.2, 0.25) is 0 Å². The lowest BCUT2D eigenvalue weighted by Gasteiger charge is -2.36. The molecule has 0 saturated heterocycles. The van der Waals surface area contributed by atoms with Gasteiger partial charge in [-0.1, -0.05) is 37.6 Å². The van der Waals surface area contributed by atoms with Crippen LogP contribution in [0.1, 0.15) is 135 Å². The number of nitrogens with one attached hydrogen (secondary N) is 9. The van der Waals surface area contributed by atoms with Crippen LogP contribution in [-0.4, -0.2) is 244 Å². The largest absolute Gasteiger partial charge is 0.495 e. The molecule has 0 aromatic heterocycles. The number of carbonyl (C=O) groups is 9. The molecular weight excluding hydrogens is 1210 g/mol. The normalized spacial score (nSPS) is 20.7. The smallest absolute Gasteiger partial charge is 0.407 e. The predicted octanol–water partition coefficient (Wildman–Crippen LogP) is 2.53. The number of fused-ring (bicyclic) bond motifs is 16. The molecule has 0 fully saturated rings. The minimum absolute atomic E-state index is 0.0606. The maximum Gasteiger partial charge on any atom is 0.407 e. The van der Waals surface area contributed by atoms with Gasteiger partial charge in [0.05, 0.1) is 72.9 Å². The highest BCUT2D eigenvalue weighted by Gasteiger charge is 2.29. The van der Waals surface area contributed by atoms with E-state index in [9.17, 15) is 43.2 Å². The number of methoxy groups -OCH3 is 4. The van der Waals surface area contributed by atoms with Crippen LogP contribution in [0, 0.1) is 0 Å². The van der Waals surface area contributed by atoms with Crippen molar-refractivity contribution >= 4 is 53.4 Å². The lowest BCUT2D eigenvalue weighted by molar-refractivity contribution is 0.0524. The van der Waals surface area contributed by atoms with Gasteiger partial charge in [-0.3, -0.25) is 58.0 Å². The van der Waals surface area contributed by atoms with E-state index in [1.165, 1.54) is 28.4 Å². The second-order valence-corrected chi connectivity index (χ2v) is 23.8. The Bertz CT molecular complexity index is 3230. The SMILES string of the molecule is CCc1ccc2c(OC)c1C(=O)NCCN1CCNC(=O)c3cccc(c3OC)C(=O)NCCN(CCNC2=O)C(CCCCNC(=O)OC(C)(C)C)CN2CCNC(=O)c3cccc(c3OC)C(=O)NCCN(CCNC(=O)c3cccc(c3OC)C(=O)NCC2)CC1. The minimum atomic E-state index is -0.723. The number of ether oxygens (including phenoxy) is 5. The van der Waals surface area contributed by atoms with E-state index in [1.54, 1.807) is 87.5 Å². The van der Waals surface area contributed by atoms with Crippen LogP contribution in [0.25, 0.3) is 0 Å². The van der Waals surface area contributed by atoms with Crippen molar-refractivity contribution in [2.24, 2.45) is 0 Å². The number of aryl methyl sites for hydroxylation is 1. The third-order valence-corrected chi connectivity index (χ3v) is 16.4. The molecule has 12 bridgehead atoms. The predicted molar refractivity (Wildman–Crippen MR) is 353 cm³/mol. The summed E-state index contributed by atoms with van der Waals surface area (Å²) in [7, 11) is 5.57. The third kappa shape index (κ3) is 20.2. The average Bonchev–Trinajstić information content (AvgIpc) is 0.861. The van der Waals surface area contributed by atoms with E-state index in [2.05, 4.69) is 57.7 Å². The summed E-state index contributed by atoms with van der Waals surface area (Å²) in [5.74, 6) is -3.66. The summed E-state index contributed by atoms with van der Waals surface area (Å²) in [6, 6.07) is 17.2. The van der Waals surface area contributed by atoms with Crippen LogP contribution in [-0.2, 0) is 11.2 Å². The molecule has 4 aliphatic rings. The Hall–Kier alpha value is -9.05. The fraction of sp³-hybridized carbons (Fsp3) is 0.507. The zero-order valence-corrected chi connectivity index (χ0v) is 55.4. The number of para-hydroxylation sites is 3. The van der Waals surface area contributed by atoms with Crippen molar-refractivity contribution < 1.29 is 66.8 Å².